The van der Waals surface area contributed by atoms with Crippen LogP contribution in [-0.4, -0.2) is 17.7 Å². The fraction of sp³-hybridized carbons (Fsp3) is 0.192. The van der Waals surface area contributed by atoms with Gasteiger partial charge in [-0.3, -0.25) is 4.79 Å². The van der Waals surface area contributed by atoms with E-state index in [-0.39, 0.29) is 13.0 Å². The minimum absolute atomic E-state index is 0.00738. The molecule has 0 saturated heterocycles. The number of aryl methyl sites for hydroxylation is 1. The van der Waals surface area contributed by atoms with Crippen LogP contribution in [0.1, 0.15) is 34.2 Å². The van der Waals surface area contributed by atoms with Crippen molar-refractivity contribution >= 4 is 11.5 Å². The number of ether oxygens (including phenoxy) is 1. The summed E-state index contributed by atoms with van der Waals surface area (Å²) in [5, 5.41) is 8.75. The highest BCUT2D eigenvalue weighted by molar-refractivity contribution is 5.80. The second kappa shape index (κ2) is 10.7. The lowest BCUT2D eigenvalue weighted by Crippen LogP contribution is -2.05. The predicted molar refractivity (Wildman–Crippen MR) is 118 cm³/mol. The third-order valence-electron chi connectivity index (χ3n) is 5.13. The zero-order valence-electron chi connectivity index (χ0n) is 18.2. The van der Waals surface area contributed by atoms with E-state index in [2.05, 4.69) is 0 Å². The molecule has 0 aliphatic rings. The molecule has 35 heavy (non-hydrogen) atoms. The Morgan fingerprint density at radius 1 is 0.743 bits per heavy atom. The van der Waals surface area contributed by atoms with Gasteiger partial charge in [0.2, 0.25) is 0 Å². The van der Waals surface area contributed by atoms with E-state index in [4.69, 9.17) is 9.84 Å². The summed E-state index contributed by atoms with van der Waals surface area (Å²) in [5.74, 6) is -0.436. The van der Waals surface area contributed by atoms with Crippen molar-refractivity contribution < 1.29 is 41.0 Å². The molecule has 1 N–H and O–H groups in total. The van der Waals surface area contributed by atoms with Crippen molar-refractivity contribution in [3.63, 3.8) is 0 Å². The molecule has 3 nitrogen and oxygen atoms in total. The van der Waals surface area contributed by atoms with Crippen LogP contribution in [0.5, 0.6) is 5.75 Å². The van der Waals surface area contributed by atoms with Gasteiger partial charge in [-0.05, 0) is 71.2 Å². The van der Waals surface area contributed by atoms with Gasteiger partial charge in [-0.25, -0.2) is 0 Å². The van der Waals surface area contributed by atoms with Crippen LogP contribution in [0.3, 0.4) is 0 Å². The minimum atomic E-state index is -4.52. The molecule has 0 aliphatic carbocycles. The fourth-order valence-electron chi connectivity index (χ4n) is 3.30. The number of benzene rings is 3. The van der Waals surface area contributed by atoms with Crippen LogP contribution < -0.4 is 4.74 Å². The monoisotopic (exact) mass is 494 g/mol. The Bertz CT molecular complexity index is 1100. The van der Waals surface area contributed by atoms with E-state index in [0.29, 0.717) is 28.9 Å². The molecular formula is C26H20F6O3. The van der Waals surface area contributed by atoms with E-state index in [9.17, 15) is 31.1 Å². The summed E-state index contributed by atoms with van der Waals surface area (Å²) in [5.41, 5.74) is 0.297. The van der Waals surface area contributed by atoms with E-state index in [1.807, 2.05) is 0 Å². The molecule has 0 heterocycles. The topological polar surface area (TPSA) is 46.5 Å². The number of hydrogen-bond donors (Lipinski definition) is 1. The normalized spacial score (nSPS) is 11.7. The van der Waals surface area contributed by atoms with Crippen LogP contribution in [0, 0.1) is 0 Å². The van der Waals surface area contributed by atoms with Crippen molar-refractivity contribution in [3.05, 3.63) is 107 Å². The summed E-state index contributed by atoms with van der Waals surface area (Å²) in [4.78, 5) is 10.7. The Morgan fingerprint density at radius 2 is 1.20 bits per heavy atom. The van der Waals surface area contributed by atoms with E-state index in [1.165, 1.54) is 24.3 Å². The minimum Gasteiger partial charge on any atom is -0.490 e. The van der Waals surface area contributed by atoms with Crippen LogP contribution >= 0.6 is 0 Å². The van der Waals surface area contributed by atoms with Gasteiger partial charge in [0.25, 0.3) is 0 Å². The summed E-state index contributed by atoms with van der Waals surface area (Å²) in [6.45, 7) is -0.00808. The van der Waals surface area contributed by atoms with Gasteiger partial charge < -0.3 is 9.84 Å². The first-order valence-electron chi connectivity index (χ1n) is 10.4. The Morgan fingerprint density at radius 3 is 1.60 bits per heavy atom. The number of rotatable bonds is 8. The average Bonchev–Trinajstić information content (AvgIpc) is 2.80. The first-order valence-corrected chi connectivity index (χ1v) is 10.4. The molecule has 0 aliphatic heterocycles. The zero-order chi connectivity index (χ0) is 25.6. The molecule has 0 aromatic heterocycles. The van der Waals surface area contributed by atoms with Crippen molar-refractivity contribution in [2.75, 3.05) is 6.61 Å². The molecule has 3 aromatic carbocycles. The molecule has 0 atom stereocenters. The molecule has 3 aromatic rings. The summed E-state index contributed by atoms with van der Waals surface area (Å²) in [6.07, 6.45) is -7.11. The van der Waals surface area contributed by atoms with Crippen LogP contribution in [-0.2, 0) is 23.6 Å². The molecule has 9 heteroatoms. The SMILES string of the molecule is O=C(O)CCc1ccc(OCC=C(c2ccc(C(F)(F)F)cc2)c2ccc(C(F)(F)F)cc2)cc1. The van der Waals surface area contributed by atoms with E-state index in [0.717, 1.165) is 29.8 Å². The molecule has 0 saturated carbocycles. The number of halogens is 6. The maximum atomic E-state index is 12.9. The second-order valence-corrected chi connectivity index (χ2v) is 7.62. The van der Waals surface area contributed by atoms with Crippen molar-refractivity contribution in [2.24, 2.45) is 0 Å². The van der Waals surface area contributed by atoms with Gasteiger partial charge in [0.15, 0.2) is 0 Å². The Hall–Kier alpha value is -3.75. The standard InChI is InChI=1S/C26H20F6O3/c27-25(28,29)20-8-4-18(5-9-20)23(19-6-10-21(11-7-19)26(30,31)32)15-16-35-22-12-1-17(2-13-22)3-14-24(33)34/h1-2,4-13,15H,3,14,16H2,(H,33,34). The lowest BCUT2D eigenvalue weighted by molar-refractivity contribution is -0.138. The van der Waals surface area contributed by atoms with E-state index in [1.54, 1.807) is 30.3 Å². The molecular weight excluding hydrogens is 474 g/mol. The van der Waals surface area contributed by atoms with Gasteiger partial charge in [0.05, 0.1) is 11.1 Å². The Labute approximate surface area is 197 Å². The van der Waals surface area contributed by atoms with Crippen molar-refractivity contribution in [2.45, 2.75) is 25.2 Å². The first kappa shape index (κ1) is 25.9. The largest absolute Gasteiger partial charge is 0.490 e. The van der Waals surface area contributed by atoms with Crippen LogP contribution in [0.25, 0.3) is 5.57 Å². The summed E-state index contributed by atoms with van der Waals surface area (Å²) < 4.78 is 83.3. The van der Waals surface area contributed by atoms with Crippen molar-refractivity contribution in [3.8, 4) is 5.75 Å². The van der Waals surface area contributed by atoms with Crippen molar-refractivity contribution in [1.29, 1.82) is 0 Å². The van der Waals surface area contributed by atoms with Gasteiger partial charge in [-0.15, -0.1) is 0 Å². The maximum absolute atomic E-state index is 12.9. The molecule has 0 spiro atoms. The van der Waals surface area contributed by atoms with Gasteiger partial charge in [0.1, 0.15) is 12.4 Å². The van der Waals surface area contributed by atoms with Gasteiger partial charge in [-0.2, -0.15) is 26.3 Å². The molecule has 0 bridgehead atoms. The number of carboxylic acid groups (broad SMARTS) is 1. The van der Waals surface area contributed by atoms with Gasteiger partial charge in [-0.1, -0.05) is 36.4 Å². The predicted octanol–water partition coefficient (Wildman–Crippen LogP) is 7.25. The smallest absolute Gasteiger partial charge is 0.416 e. The molecule has 0 fully saturated rings. The highest BCUT2D eigenvalue weighted by Gasteiger charge is 2.31. The summed E-state index contributed by atoms with van der Waals surface area (Å²) >= 11 is 0. The zero-order valence-corrected chi connectivity index (χ0v) is 18.2. The third-order valence-corrected chi connectivity index (χ3v) is 5.13. The van der Waals surface area contributed by atoms with Crippen LogP contribution in [0.15, 0.2) is 78.9 Å². The van der Waals surface area contributed by atoms with E-state index >= 15 is 0 Å². The van der Waals surface area contributed by atoms with E-state index < -0.39 is 29.4 Å². The number of carbonyl (C=O) groups is 1. The Balaban J connectivity index is 1.83. The van der Waals surface area contributed by atoms with Gasteiger partial charge in [0, 0.05) is 6.42 Å². The fourth-order valence-corrected chi connectivity index (χ4v) is 3.30. The molecule has 184 valence electrons. The third kappa shape index (κ3) is 7.37. The van der Waals surface area contributed by atoms with Crippen molar-refractivity contribution in [1.82, 2.24) is 0 Å². The maximum Gasteiger partial charge on any atom is 0.416 e. The first-order chi connectivity index (χ1) is 16.4. The molecule has 0 amide bonds. The Kier molecular flexibility index (Phi) is 7.89. The lowest BCUT2D eigenvalue weighted by Gasteiger charge is -2.13. The highest BCUT2D eigenvalue weighted by atomic mass is 19.4. The quantitative estimate of drug-likeness (QED) is 0.336. The average molecular weight is 494 g/mol. The lowest BCUT2D eigenvalue weighted by atomic mass is 9.95. The summed E-state index contributed by atoms with van der Waals surface area (Å²) in [6, 6.07) is 15.4. The van der Waals surface area contributed by atoms with Crippen LogP contribution in [0.4, 0.5) is 26.3 Å². The molecule has 0 unspecified atom stereocenters. The second-order valence-electron chi connectivity index (χ2n) is 7.62. The highest BCUT2D eigenvalue weighted by Crippen LogP contribution is 2.33. The number of carboxylic acids is 1. The van der Waals surface area contributed by atoms with Crippen LogP contribution in [0.2, 0.25) is 0 Å². The molecule has 3 rings (SSSR count). The summed E-state index contributed by atoms with van der Waals surface area (Å²) in [7, 11) is 0. The number of aliphatic carboxylic acids is 1. The van der Waals surface area contributed by atoms with Gasteiger partial charge >= 0.3 is 18.3 Å². The number of alkyl halides is 6. The molecule has 0 radical (unpaired) electrons. The number of hydrogen-bond acceptors (Lipinski definition) is 2.